The van der Waals surface area contributed by atoms with E-state index < -0.39 is 8.07 Å². The highest BCUT2D eigenvalue weighted by atomic mass is 28.3. The van der Waals surface area contributed by atoms with Crippen molar-refractivity contribution < 1.29 is 0 Å². The summed E-state index contributed by atoms with van der Waals surface area (Å²) in [5.74, 6) is 0. The summed E-state index contributed by atoms with van der Waals surface area (Å²) in [5.41, 5.74) is 2.83. The Balaban J connectivity index is 4.27. The monoisotopic (exact) mass is 267 g/mol. The molecule has 0 rings (SSSR count). The van der Waals surface area contributed by atoms with Crippen molar-refractivity contribution >= 4 is 8.07 Å². The Bertz CT molecular complexity index is 193. The van der Waals surface area contributed by atoms with Crippen molar-refractivity contribution in [1.29, 1.82) is 5.26 Å². The van der Waals surface area contributed by atoms with Gasteiger partial charge in [0.1, 0.15) is 0 Å². The summed E-state index contributed by atoms with van der Waals surface area (Å²) >= 11 is 0. The van der Waals surface area contributed by atoms with Gasteiger partial charge in [-0.2, -0.15) is 0 Å². The first-order chi connectivity index (χ1) is 8.74. The van der Waals surface area contributed by atoms with Crippen LogP contribution in [0.4, 0.5) is 0 Å². The molecule has 0 radical (unpaired) electrons. The van der Waals surface area contributed by atoms with Gasteiger partial charge in [-0.1, -0.05) is 78.6 Å². The van der Waals surface area contributed by atoms with Gasteiger partial charge in [0.15, 0.2) is 8.07 Å². The van der Waals surface area contributed by atoms with Crippen LogP contribution in [0, 0.1) is 11.0 Å². The Morgan fingerprint density at radius 2 is 1.00 bits per heavy atom. The lowest BCUT2D eigenvalue weighted by molar-refractivity contribution is 0.720. The Morgan fingerprint density at radius 3 is 1.22 bits per heavy atom. The molecule has 0 aliphatic carbocycles. The molecule has 0 aromatic rings. The second kappa shape index (κ2) is 11.8. The lowest BCUT2D eigenvalue weighted by Gasteiger charge is -2.24. The van der Waals surface area contributed by atoms with Crippen LogP contribution in [0.3, 0.4) is 0 Å². The molecule has 0 fully saturated rings. The SMILES string of the molecule is CCCCC[Si](C#N)(CCCCC)CCCCC. The molecule has 106 valence electrons. The molecule has 0 saturated carbocycles. The molecule has 0 saturated heterocycles. The van der Waals surface area contributed by atoms with Crippen LogP contribution in [0.5, 0.6) is 0 Å². The largest absolute Gasteiger partial charge is 0.207 e. The molecule has 0 aromatic carbocycles. The Kier molecular flexibility index (Phi) is 11.6. The van der Waals surface area contributed by atoms with E-state index in [4.69, 9.17) is 0 Å². The van der Waals surface area contributed by atoms with Gasteiger partial charge in [-0.25, -0.2) is 5.26 Å². The lowest BCUT2D eigenvalue weighted by atomic mass is 10.3. The Labute approximate surface area is 116 Å². The summed E-state index contributed by atoms with van der Waals surface area (Å²) in [6, 6.07) is 3.81. The molecule has 0 bridgehead atoms. The van der Waals surface area contributed by atoms with Crippen LogP contribution in [0.2, 0.25) is 18.1 Å². The maximum Gasteiger partial charge on any atom is 0.173 e. The summed E-state index contributed by atoms with van der Waals surface area (Å²) in [6.07, 6.45) is 11.7. The quantitative estimate of drug-likeness (QED) is 0.311. The molecule has 0 spiro atoms. The molecule has 0 heterocycles. The van der Waals surface area contributed by atoms with E-state index in [-0.39, 0.29) is 0 Å². The van der Waals surface area contributed by atoms with E-state index in [1.54, 1.807) is 0 Å². The van der Waals surface area contributed by atoms with E-state index in [0.29, 0.717) is 0 Å². The molecule has 1 nitrogen and oxygen atoms in total. The van der Waals surface area contributed by atoms with Crippen LogP contribution < -0.4 is 0 Å². The van der Waals surface area contributed by atoms with Gasteiger partial charge in [-0.3, -0.25) is 0 Å². The minimum atomic E-state index is -1.58. The second-order valence-corrected chi connectivity index (χ2v) is 10.0. The number of rotatable bonds is 12. The van der Waals surface area contributed by atoms with Crippen molar-refractivity contribution in [3.63, 3.8) is 0 Å². The maximum absolute atomic E-state index is 9.69. The van der Waals surface area contributed by atoms with Crippen LogP contribution in [-0.4, -0.2) is 8.07 Å². The first-order valence-corrected chi connectivity index (χ1v) is 10.8. The Hall–Kier alpha value is -0.293. The average Bonchev–Trinajstić information content (AvgIpc) is 2.39. The highest BCUT2D eigenvalue weighted by Gasteiger charge is 2.31. The fourth-order valence-corrected chi connectivity index (χ4v) is 6.55. The minimum absolute atomic E-state index is 1.27. The minimum Gasteiger partial charge on any atom is -0.207 e. The summed E-state index contributed by atoms with van der Waals surface area (Å²) in [4.78, 5) is 0. The normalized spacial score (nSPS) is 11.4. The van der Waals surface area contributed by atoms with E-state index in [2.05, 4.69) is 26.5 Å². The summed E-state index contributed by atoms with van der Waals surface area (Å²) in [6.45, 7) is 6.76. The maximum atomic E-state index is 9.69. The third-order valence-electron chi connectivity index (χ3n) is 4.01. The van der Waals surface area contributed by atoms with Crippen LogP contribution in [0.15, 0.2) is 0 Å². The Morgan fingerprint density at radius 1 is 0.667 bits per heavy atom. The number of nitriles is 1. The van der Waals surface area contributed by atoms with Gasteiger partial charge in [0.2, 0.25) is 0 Å². The highest BCUT2D eigenvalue weighted by molar-refractivity contribution is 6.86. The van der Waals surface area contributed by atoms with Crippen molar-refractivity contribution in [3.05, 3.63) is 0 Å². The third kappa shape index (κ3) is 7.92. The molecule has 2 heteroatoms. The van der Waals surface area contributed by atoms with Crippen LogP contribution >= 0.6 is 0 Å². The van der Waals surface area contributed by atoms with Crippen LogP contribution in [0.1, 0.15) is 78.6 Å². The van der Waals surface area contributed by atoms with Gasteiger partial charge in [-0.15, -0.1) is 0 Å². The zero-order chi connectivity index (χ0) is 13.7. The predicted octanol–water partition coefficient (Wildman–Crippen LogP) is 6.07. The second-order valence-electron chi connectivity index (χ2n) is 5.76. The van der Waals surface area contributed by atoms with E-state index in [9.17, 15) is 5.26 Å². The van der Waals surface area contributed by atoms with Crippen molar-refractivity contribution in [2.24, 2.45) is 0 Å². The first kappa shape index (κ1) is 17.7. The summed E-state index contributed by atoms with van der Waals surface area (Å²) < 4.78 is 0. The molecule has 0 N–H and O–H groups in total. The number of hydrogen-bond acceptors (Lipinski definition) is 1. The van der Waals surface area contributed by atoms with Crippen LogP contribution in [0.25, 0.3) is 0 Å². The number of unbranched alkanes of at least 4 members (excludes halogenated alkanes) is 6. The molecule has 18 heavy (non-hydrogen) atoms. The summed E-state index contributed by atoms with van der Waals surface area (Å²) in [5, 5.41) is 9.69. The van der Waals surface area contributed by atoms with E-state index >= 15 is 0 Å². The smallest absolute Gasteiger partial charge is 0.173 e. The molecular weight excluding hydrogens is 234 g/mol. The zero-order valence-electron chi connectivity index (χ0n) is 12.9. The van der Waals surface area contributed by atoms with Crippen molar-refractivity contribution in [3.8, 4) is 5.69 Å². The molecular formula is C16H33NSi. The molecule has 0 unspecified atom stereocenters. The average molecular weight is 268 g/mol. The fourth-order valence-electron chi connectivity index (χ4n) is 2.68. The predicted molar refractivity (Wildman–Crippen MR) is 84.4 cm³/mol. The standard InChI is InChI=1S/C16H33NSi/c1-4-7-10-13-18(16-17,14-11-8-5-2)15-12-9-6-3/h4-15H2,1-3H3. The summed E-state index contributed by atoms with van der Waals surface area (Å²) in [7, 11) is -1.58. The first-order valence-electron chi connectivity index (χ1n) is 8.16. The van der Waals surface area contributed by atoms with Crippen LogP contribution in [-0.2, 0) is 0 Å². The van der Waals surface area contributed by atoms with E-state index in [1.807, 2.05) is 0 Å². The third-order valence-corrected chi connectivity index (χ3v) is 8.42. The molecule has 0 aliphatic rings. The molecule has 0 atom stereocenters. The number of nitrogens with zero attached hydrogens (tertiary/aromatic N) is 1. The topological polar surface area (TPSA) is 23.8 Å². The van der Waals surface area contributed by atoms with Gasteiger partial charge in [-0.05, 0) is 18.1 Å². The van der Waals surface area contributed by atoms with Crippen molar-refractivity contribution in [1.82, 2.24) is 0 Å². The van der Waals surface area contributed by atoms with E-state index in [0.717, 1.165) is 0 Å². The van der Waals surface area contributed by atoms with Crippen molar-refractivity contribution in [2.75, 3.05) is 0 Å². The van der Waals surface area contributed by atoms with Gasteiger partial charge in [0.05, 0.1) is 0 Å². The van der Waals surface area contributed by atoms with E-state index in [1.165, 1.54) is 75.9 Å². The van der Waals surface area contributed by atoms with Gasteiger partial charge in [0, 0.05) is 5.69 Å². The van der Waals surface area contributed by atoms with Gasteiger partial charge >= 0.3 is 0 Å². The van der Waals surface area contributed by atoms with Gasteiger partial charge < -0.3 is 0 Å². The lowest BCUT2D eigenvalue weighted by Crippen LogP contribution is -2.32. The van der Waals surface area contributed by atoms with Crippen molar-refractivity contribution in [2.45, 2.75) is 96.7 Å². The number of hydrogen-bond donors (Lipinski definition) is 0. The highest BCUT2D eigenvalue weighted by Crippen LogP contribution is 2.28. The molecule has 0 aliphatic heterocycles. The zero-order valence-corrected chi connectivity index (χ0v) is 13.9. The molecule has 0 aromatic heterocycles. The fraction of sp³-hybridized carbons (Fsp3) is 0.938. The molecule has 0 amide bonds. The van der Waals surface area contributed by atoms with Gasteiger partial charge in [0.25, 0.3) is 0 Å².